The molecule has 1 heterocycles. The standard InChI is InChI=1S/C16H24N2O/c1-13(2)12-16(19)17-14-6-8-15(9-7-14)18-10-4-3-5-11-18/h6-9,13H,3-5,10-12H2,1-2H3,(H,17,19). The van der Waals surface area contributed by atoms with Gasteiger partial charge >= 0.3 is 0 Å². The third kappa shape index (κ3) is 4.27. The molecule has 0 aromatic heterocycles. The average Bonchev–Trinajstić information content (AvgIpc) is 2.39. The van der Waals surface area contributed by atoms with Crippen LogP contribution in [-0.4, -0.2) is 19.0 Å². The van der Waals surface area contributed by atoms with Crippen LogP contribution in [0.5, 0.6) is 0 Å². The Hall–Kier alpha value is -1.51. The summed E-state index contributed by atoms with van der Waals surface area (Å²) in [7, 11) is 0. The first-order chi connectivity index (χ1) is 9.15. The Kier molecular flexibility index (Phi) is 4.83. The van der Waals surface area contributed by atoms with Gasteiger partial charge < -0.3 is 10.2 Å². The van der Waals surface area contributed by atoms with Crippen molar-refractivity contribution in [3.8, 4) is 0 Å². The van der Waals surface area contributed by atoms with Crippen molar-refractivity contribution in [3.63, 3.8) is 0 Å². The van der Waals surface area contributed by atoms with Gasteiger partial charge in [-0.15, -0.1) is 0 Å². The maximum absolute atomic E-state index is 11.7. The number of amides is 1. The molecule has 1 amide bonds. The third-order valence-corrected chi connectivity index (χ3v) is 3.47. The Labute approximate surface area is 116 Å². The highest BCUT2D eigenvalue weighted by Gasteiger charge is 2.11. The van der Waals surface area contributed by atoms with Gasteiger partial charge in [-0.3, -0.25) is 4.79 Å². The molecule has 1 fully saturated rings. The SMILES string of the molecule is CC(C)CC(=O)Nc1ccc(N2CCCCC2)cc1. The van der Waals surface area contributed by atoms with Crippen LogP contribution in [-0.2, 0) is 4.79 Å². The van der Waals surface area contributed by atoms with E-state index in [-0.39, 0.29) is 5.91 Å². The molecule has 3 nitrogen and oxygen atoms in total. The molecule has 0 aliphatic carbocycles. The van der Waals surface area contributed by atoms with Gasteiger partial charge in [0.15, 0.2) is 0 Å². The second-order valence-electron chi connectivity index (χ2n) is 5.74. The molecule has 0 unspecified atom stereocenters. The summed E-state index contributed by atoms with van der Waals surface area (Å²) in [5.41, 5.74) is 2.16. The van der Waals surface area contributed by atoms with Crippen molar-refractivity contribution in [1.82, 2.24) is 0 Å². The highest BCUT2D eigenvalue weighted by Crippen LogP contribution is 2.21. The van der Waals surface area contributed by atoms with Gasteiger partial charge in [0.2, 0.25) is 5.91 Å². The third-order valence-electron chi connectivity index (χ3n) is 3.47. The molecule has 2 rings (SSSR count). The van der Waals surface area contributed by atoms with Crippen molar-refractivity contribution in [3.05, 3.63) is 24.3 Å². The highest BCUT2D eigenvalue weighted by molar-refractivity contribution is 5.90. The molecule has 1 aromatic rings. The van der Waals surface area contributed by atoms with Gasteiger partial charge in [-0.2, -0.15) is 0 Å². The van der Waals surface area contributed by atoms with Crippen molar-refractivity contribution in [2.75, 3.05) is 23.3 Å². The van der Waals surface area contributed by atoms with Crippen LogP contribution in [0.1, 0.15) is 39.5 Å². The molecule has 0 spiro atoms. The lowest BCUT2D eigenvalue weighted by Gasteiger charge is -2.28. The summed E-state index contributed by atoms with van der Waals surface area (Å²) in [6.07, 6.45) is 4.49. The van der Waals surface area contributed by atoms with Crippen LogP contribution < -0.4 is 10.2 Å². The predicted molar refractivity (Wildman–Crippen MR) is 80.6 cm³/mol. The minimum Gasteiger partial charge on any atom is -0.372 e. The van der Waals surface area contributed by atoms with Crippen molar-refractivity contribution in [2.24, 2.45) is 5.92 Å². The zero-order valence-corrected chi connectivity index (χ0v) is 12.0. The van der Waals surface area contributed by atoms with Crippen LogP contribution in [0.15, 0.2) is 24.3 Å². The van der Waals surface area contributed by atoms with Gasteiger partial charge in [0.25, 0.3) is 0 Å². The second-order valence-corrected chi connectivity index (χ2v) is 5.74. The van der Waals surface area contributed by atoms with E-state index >= 15 is 0 Å². The van der Waals surface area contributed by atoms with Crippen molar-refractivity contribution >= 4 is 17.3 Å². The van der Waals surface area contributed by atoms with E-state index in [1.807, 2.05) is 12.1 Å². The molecule has 0 bridgehead atoms. The lowest BCUT2D eigenvalue weighted by molar-refractivity contribution is -0.116. The molecule has 0 atom stereocenters. The number of hydrogen-bond donors (Lipinski definition) is 1. The Morgan fingerprint density at radius 3 is 2.37 bits per heavy atom. The topological polar surface area (TPSA) is 32.3 Å². The summed E-state index contributed by atoms with van der Waals surface area (Å²) in [5, 5.41) is 2.95. The van der Waals surface area contributed by atoms with Gasteiger partial charge in [0, 0.05) is 30.9 Å². The van der Waals surface area contributed by atoms with E-state index in [1.54, 1.807) is 0 Å². The summed E-state index contributed by atoms with van der Waals surface area (Å²) in [4.78, 5) is 14.1. The lowest BCUT2D eigenvalue weighted by atomic mass is 10.1. The van der Waals surface area contributed by atoms with Crippen molar-refractivity contribution in [1.29, 1.82) is 0 Å². The number of carbonyl (C=O) groups is 1. The van der Waals surface area contributed by atoms with Crippen molar-refractivity contribution < 1.29 is 4.79 Å². The van der Waals surface area contributed by atoms with E-state index in [9.17, 15) is 4.79 Å². The summed E-state index contributed by atoms with van der Waals surface area (Å²) in [5.74, 6) is 0.494. The highest BCUT2D eigenvalue weighted by atomic mass is 16.1. The number of nitrogens with one attached hydrogen (secondary N) is 1. The molecule has 3 heteroatoms. The zero-order valence-electron chi connectivity index (χ0n) is 12.0. The second kappa shape index (κ2) is 6.60. The normalized spacial score (nSPS) is 15.6. The molecular weight excluding hydrogens is 236 g/mol. The van der Waals surface area contributed by atoms with E-state index in [2.05, 4.69) is 36.2 Å². The molecule has 19 heavy (non-hydrogen) atoms. The largest absolute Gasteiger partial charge is 0.372 e. The van der Waals surface area contributed by atoms with Crippen LogP contribution in [0.3, 0.4) is 0 Å². The van der Waals surface area contributed by atoms with Gasteiger partial charge in [-0.05, 0) is 49.4 Å². The Morgan fingerprint density at radius 2 is 1.79 bits per heavy atom. The van der Waals surface area contributed by atoms with Crippen LogP contribution in [0, 0.1) is 5.92 Å². The molecule has 0 saturated carbocycles. The minimum absolute atomic E-state index is 0.0979. The summed E-state index contributed by atoms with van der Waals surface area (Å²) in [6.45, 7) is 6.41. The maximum Gasteiger partial charge on any atom is 0.224 e. The van der Waals surface area contributed by atoms with Gasteiger partial charge in [0.1, 0.15) is 0 Å². The van der Waals surface area contributed by atoms with E-state index < -0.39 is 0 Å². The molecule has 1 aliphatic rings. The maximum atomic E-state index is 11.7. The van der Waals surface area contributed by atoms with E-state index in [0.29, 0.717) is 12.3 Å². The van der Waals surface area contributed by atoms with Crippen molar-refractivity contribution in [2.45, 2.75) is 39.5 Å². The molecule has 1 aromatic carbocycles. The first-order valence-electron chi connectivity index (χ1n) is 7.30. The molecule has 0 radical (unpaired) electrons. The van der Waals surface area contributed by atoms with E-state index in [4.69, 9.17) is 0 Å². The van der Waals surface area contributed by atoms with E-state index in [1.165, 1.54) is 24.9 Å². The average molecular weight is 260 g/mol. The predicted octanol–water partition coefficient (Wildman–Crippen LogP) is 3.66. The monoisotopic (exact) mass is 260 g/mol. The Morgan fingerprint density at radius 1 is 1.16 bits per heavy atom. The summed E-state index contributed by atoms with van der Waals surface area (Å²) in [6, 6.07) is 8.22. The number of hydrogen-bond acceptors (Lipinski definition) is 2. The Balaban J connectivity index is 1.92. The number of anilines is 2. The summed E-state index contributed by atoms with van der Waals surface area (Å²) >= 11 is 0. The molecule has 1 N–H and O–H groups in total. The first-order valence-corrected chi connectivity index (χ1v) is 7.30. The first kappa shape index (κ1) is 13.9. The molecule has 104 valence electrons. The molecule has 1 saturated heterocycles. The molecule has 1 aliphatic heterocycles. The quantitative estimate of drug-likeness (QED) is 0.896. The number of carbonyl (C=O) groups excluding carboxylic acids is 1. The van der Waals surface area contributed by atoms with Crippen LogP contribution >= 0.6 is 0 Å². The fourth-order valence-corrected chi connectivity index (χ4v) is 2.49. The fourth-order valence-electron chi connectivity index (χ4n) is 2.49. The fraction of sp³-hybridized carbons (Fsp3) is 0.562. The van der Waals surface area contributed by atoms with Crippen LogP contribution in [0.4, 0.5) is 11.4 Å². The summed E-state index contributed by atoms with van der Waals surface area (Å²) < 4.78 is 0. The van der Waals surface area contributed by atoms with Gasteiger partial charge in [-0.1, -0.05) is 13.8 Å². The number of nitrogens with zero attached hydrogens (tertiary/aromatic N) is 1. The Bertz CT molecular complexity index is 405. The lowest BCUT2D eigenvalue weighted by Crippen LogP contribution is -2.29. The number of piperidine rings is 1. The van der Waals surface area contributed by atoms with Crippen LogP contribution in [0.25, 0.3) is 0 Å². The zero-order chi connectivity index (χ0) is 13.7. The van der Waals surface area contributed by atoms with Gasteiger partial charge in [-0.25, -0.2) is 0 Å². The van der Waals surface area contributed by atoms with E-state index in [0.717, 1.165) is 18.8 Å². The molecular formula is C16H24N2O. The number of rotatable bonds is 4. The minimum atomic E-state index is 0.0979. The number of benzene rings is 1. The van der Waals surface area contributed by atoms with Crippen LogP contribution in [0.2, 0.25) is 0 Å². The van der Waals surface area contributed by atoms with Gasteiger partial charge in [0.05, 0.1) is 0 Å². The smallest absolute Gasteiger partial charge is 0.224 e.